The molecule has 0 spiro atoms. The molecule has 1 N–H and O–H groups in total. The van der Waals surface area contributed by atoms with Gasteiger partial charge in [-0.3, -0.25) is 5.32 Å². The van der Waals surface area contributed by atoms with Gasteiger partial charge in [-0.2, -0.15) is 0 Å². The number of nitrogens with zero attached hydrogens (tertiary/aromatic N) is 3. The Labute approximate surface area is 214 Å². The van der Waals surface area contributed by atoms with Crippen LogP contribution < -0.4 is 15.0 Å². The maximum absolute atomic E-state index is 15.0. The molecule has 1 atom stereocenters. The first kappa shape index (κ1) is 25.1. The molecule has 9 nitrogen and oxygen atoms in total. The number of nitrogens with one attached hydrogen (secondary N) is 1. The van der Waals surface area contributed by atoms with Gasteiger partial charge in [-0.25, -0.2) is 27.6 Å². The van der Waals surface area contributed by atoms with Crippen LogP contribution in [-0.2, 0) is 19.3 Å². The number of halogens is 1. The van der Waals surface area contributed by atoms with Gasteiger partial charge in [0, 0.05) is 24.4 Å². The van der Waals surface area contributed by atoms with E-state index in [0.717, 1.165) is 0 Å². The summed E-state index contributed by atoms with van der Waals surface area (Å²) in [6.45, 7) is 3.62. The van der Waals surface area contributed by atoms with Gasteiger partial charge in [0.15, 0.2) is 15.7 Å². The normalized spacial score (nSPS) is 18.8. The topological polar surface area (TPSA) is 111 Å². The molecule has 1 saturated heterocycles. The van der Waals surface area contributed by atoms with Crippen LogP contribution in [0.15, 0.2) is 54.6 Å². The number of carbonyl (C=O) groups is 1. The van der Waals surface area contributed by atoms with Crippen molar-refractivity contribution in [2.45, 2.75) is 30.6 Å². The highest BCUT2D eigenvalue weighted by molar-refractivity contribution is 7.91. The largest absolute Gasteiger partial charge is 0.417 e. The van der Waals surface area contributed by atoms with E-state index in [-0.39, 0.29) is 17.6 Å². The van der Waals surface area contributed by atoms with Crippen molar-refractivity contribution < 1.29 is 27.1 Å². The van der Waals surface area contributed by atoms with Gasteiger partial charge >= 0.3 is 6.09 Å². The Hall–Kier alpha value is -3.57. The lowest BCUT2D eigenvalue weighted by atomic mass is 10.1. The lowest BCUT2D eigenvalue weighted by Gasteiger charge is -2.34. The fourth-order valence-electron chi connectivity index (χ4n) is 4.43. The quantitative estimate of drug-likeness (QED) is 0.510. The third-order valence-electron chi connectivity index (χ3n) is 6.67. The molecule has 2 heterocycles. The lowest BCUT2D eigenvalue weighted by Crippen LogP contribution is -2.44. The van der Waals surface area contributed by atoms with Crippen LogP contribution in [0.5, 0.6) is 5.75 Å². The smallest absolute Gasteiger partial charge is 0.410 e. The van der Waals surface area contributed by atoms with Gasteiger partial charge in [0.2, 0.25) is 0 Å². The number of carbonyl (C=O) groups excluding carboxylic acids is 1. The van der Waals surface area contributed by atoms with E-state index in [1.54, 1.807) is 42.5 Å². The Morgan fingerprint density at radius 1 is 1.16 bits per heavy atom. The number of rotatable bonds is 6. The third-order valence-corrected chi connectivity index (χ3v) is 8.71. The maximum Gasteiger partial charge on any atom is 0.417 e. The number of benzene rings is 2. The van der Waals surface area contributed by atoms with Crippen LogP contribution in [0.3, 0.4) is 0 Å². The van der Waals surface area contributed by atoms with Crippen molar-refractivity contribution in [3.8, 4) is 17.1 Å². The number of aromatic nitrogens is 2. The molecular weight excluding hydrogens is 499 g/mol. The summed E-state index contributed by atoms with van der Waals surface area (Å²) in [6.07, 6.45) is 1.33. The second kappa shape index (κ2) is 9.71. The van der Waals surface area contributed by atoms with E-state index in [9.17, 15) is 13.2 Å². The Kier molecular flexibility index (Phi) is 6.59. The molecule has 37 heavy (non-hydrogen) atoms. The van der Waals surface area contributed by atoms with Crippen LogP contribution in [-0.4, -0.2) is 56.5 Å². The molecule has 0 radical (unpaired) electrons. The van der Waals surface area contributed by atoms with E-state index in [0.29, 0.717) is 55.4 Å². The van der Waals surface area contributed by atoms with Gasteiger partial charge in [-0.1, -0.05) is 18.2 Å². The standard InChI is InChI=1S/C26H27FN4O5S/c1-17-16-35-13-12-31(17)23-15-22(26(10-11-26)37(2,33)34)29-24(30-23)18-8-9-21(20(27)14-18)28-25(32)36-19-6-4-3-5-7-19/h3-9,14-15,17H,10-13,16H2,1-2H3,(H,28,32)/t17-/m0/s1. The first-order chi connectivity index (χ1) is 17.7. The van der Waals surface area contributed by atoms with Gasteiger partial charge in [-0.05, 0) is 50.1 Å². The van der Waals surface area contributed by atoms with Crippen molar-refractivity contribution in [3.63, 3.8) is 0 Å². The molecule has 0 unspecified atom stereocenters. The zero-order valence-electron chi connectivity index (χ0n) is 20.5. The van der Waals surface area contributed by atoms with Crippen molar-refractivity contribution in [2.24, 2.45) is 0 Å². The molecule has 5 rings (SSSR count). The highest BCUT2D eigenvalue weighted by atomic mass is 32.2. The SMILES string of the molecule is C[C@H]1COCCN1c1cc(C2(S(C)(=O)=O)CC2)nc(-c2ccc(NC(=O)Oc3ccccc3)c(F)c2)n1. The minimum Gasteiger partial charge on any atom is -0.410 e. The molecule has 194 valence electrons. The summed E-state index contributed by atoms with van der Waals surface area (Å²) in [5.74, 6) is 0.396. The Balaban J connectivity index is 1.47. The number of anilines is 2. The molecule has 1 aliphatic carbocycles. The predicted molar refractivity (Wildman–Crippen MR) is 137 cm³/mol. The van der Waals surface area contributed by atoms with Gasteiger partial charge in [-0.15, -0.1) is 0 Å². The van der Waals surface area contributed by atoms with Crippen LogP contribution in [0.25, 0.3) is 11.4 Å². The summed E-state index contributed by atoms with van der Waals surface area (Å²) < 4.78 is 50.0. The number of hydrogen-bond donors (Lipinski definition) is 1. The molecule has 0 bridgehead atoms. The summed E-state index contributed by atoms with van der Waals surface area (Å²) in [5, 5.41) is 2.39. The van der Waals surface area contributed by atoms with Crippen molar-refractivity contribution >= 4 is 27.4 Å². The van der Waals surface area contributed by atoms with E-state index in [2.05, 4.69) is 15.3 Å². The molecule has 1 aromatic heterocycles. The number of ether oxygens (including phenoxy) is 2. The molecule has 1 saturated carbocycles. The number of amides is 1. The fourth-order valence-corrected chi connectivity index (χ4v) is 5.76. The number of sulfone groups is 1. The number of para-hydroxylation sites is 1. The first-order valence-corrected chi connectivity index (χ1v) is 13.8. The van der Waals surface area contributed by atoms with E-state index in [1.807, 2.05) is 11.8 Å². The minimum absolute atomic E-state index is 0.0247. The van der Waals surface area contributed by atoms with Crippen molar-refractivity contribution in [1.29, 1.82) is 0 Å². The minimum atomic E-state index is -3.43. The molecular formula is C26H27FN4O5S. The van der Waals surface area contributed by atoms with Crippen LogP contribution >= 0.6 is 0 Å². The van der Waals surface area contributed by atoms with Crippen LogP contribution in [0.4, 0.5) is 20.7 Å². The Morgan fingerprint density at radius 3 is 2.57 bits per heavy atom. The molecule has 3 aromatic rings. The fraction of sp³-hybridized carbons (Fsp3) is 0.346. The van der Waals surface area contributed by atoms with Gasteiger partial charge in [0.25, 0.3) is 0 Å². The molecule has 2 aliphatic rings. The Bertz CT molecular complexity index is 1430. The highest BCUT2D eigenvalue weighted by Gasteiger charge is 2.55. The van der Waals surface area contributed by atoms with Crippen LogP contribution in [0.1, 0.15) is 25.5 Å². The maximum atomic E-state index is 15.0. The molecule has 2 aromatic carbocycles. The molecule has 1 aliphatic heterocycles. The first-order valence-electron chi connectivity index (χ1n) is 11.9. The highest BCUT2D eigenvalue weighted by Crippen LogP contribution is 2.52. The zero-order chi connectivity index (χ0) is 26.2. The average Bonchev–Trinajstić information content (AvgIpc) is 3.69. The van der Waals surface area contributed by atoms with E-state index in [1.165, 1.54) is 18.4 Å². The number of morpholine rings is 1. The summed E-state index contributed by atoms with van der Waals surface area (Å²) in [6, 6.07) is 14.4. The van der Waals surface area contributed by atoms with Gasteiger partial charge < -0.3 is 14.4 Å². The summed E-state index contributed by atoms with van der Waals surface area (Å²) >= 11 is 0. The van der Waals surface area contributed by atoms with Crippen LogP contribution in [0.2, 0.25) is 0 Å². The van der Waals surface area contributed by atoms with E-state index < -0.39 is 26.5 Å². The zero-order valence-corrected chi connectivity index (χ0v) is 21.3. The average molecular weight is 527 g/mol. The van der Waals surface area contributed by atoms with E-state index >= 15 is 4.39 Å². The van der Waals surface area contributed by atoms with Gasteiger partial charge in [0.05, 0.1) is 30.6 Å². The summed E-state index contributed by atoms with van der Waals surface area (Å²) in [7, 11) is -3.43. The predicted octanol–water partition coefficient (Wildman–Crippen LogP) is 4.15. The molecule has 1 amide bonds. The van der Waals surface area contributed by atoms with Crippen molar-refractivity contribution in [3.05, 3.63) is 66.1 Å². The third kappa shape index (κ3) is 5.14. The summed E-state index contributed by atoms with van der Waals surface area (Å²) in [4.78, 5) is 23.5. The second-order valence-electron chi connectivity index (χ2n) is 9.34. The van der Waals surface area contributed by atoms with Crippen molar-refractivity contribution in [1.82, 2.24) is 9.97 Å². The van der Waals surface area contributed by atoms with Gasteiger partial charge in [0.1, 0.15) is 22.1 Å². The lowest BCUT2D eigenvalue weighted by molar-refractivity contribution is 0.0985. The van der Waals surface area contributed by atoms with Crippen LogP contribution in [0, 0.1) is 5.82 Å². The monoisotopic (exact) mass is 526 g/mol. The van der Waals surface area contributed by atoms with E-state index in [4.69, 9.17) is 9.47 Å². The summed E-state index contributed by atoms with van der Waals surface area (Å²) in [5.41, 5.74) is 0.688. The number of hydrogen-bond acceptors (Lipinski definition) is 8. The Morgan fingerprint density at radius 2 is 1.92 bits per heavy atom. The molecule has 2 fully saturated rings. The van der Waals surface area contributed by atoms with Crippen molar-refractivity contribution in [2.75, 3.05) is 36.2 Å². The second-order valence-corrected chi connectivity index (χ2v) is 11.7. The molecule has 11 heteroatoms.